The average Bonchev–Trinajstić information content (AvgIpc) is 2.88. The second kappa shape index (κ2) is 5.65. The van der Waals surface area contributed by atoms with Crippen LogP contribution in [0.15, 0.2) is 12.4 Å². The van der Waals surface area contributed by atoms with Crippen molar-refractivity contribution in [2.24, 2.45) is 11.1 Å². The van der Waals surface area contributed by atoms with Crippen LogP contribution in [0.1, 0.15) is 55.8 Å². The molecule has 0 bridgehead atoms. The molecule has 0 saturated heterocycles. The van der Waals surface area contributed by atoms with E-state index in [-0.39, 0.29) is 11.2 Å². The summed E-state index contributed by atoms with van der Waals surface area (Å²) < 4.78 is 1.79. The Morgan fingerprint density at radius 1 is 1.44 bits per heavy atom. The van der Waals surface area contributed by atoms with Crippen molar-refractivity contribution < 1.29 is 4.79 Å². The fraction of sp³-hybridized carbons (Fsp3) is 0.714. The Hall–Kier alpha value is -1.16. The third kappa shape index (κ3) is 2.80. The quantitative estimate of drug-likeness (QED) is 0.815. The van der Waals surface area contributed by atoms with Crippen LogP contribution in [0.3, 0.4) is 0 Å². The predicted molar refractivity (Wildman–Crippen MR) is 71.4 cm³/mol. The number of nitrogens with two attached hydrogens (primary N) is 1. The largest absolute Gasteiger partial charge is 0.330 e. The standard InChI is InChI=1S/C14H23N3O/c1-2-17-10-12(9-16-17)13(18)8-14(11-15)6-4-3-5-7-14/h9-10H,2-8,11,15H2,1H3. The molecule has 1 heterocycles. The Morgan fingerprint density at radius 3 is 2.72 bits per heavy atom. The van der Waals surface area contributed by atoms with Crippen LogP contribution in [-0.4, -0.2) is 22.1 Å². The van der Waals surface area contributed by atoms with Crippen LogP contribution in [-0.2, 0) is 6.54 Å². The molecular formula is C14H23N3O. The number of ketones is 1. The van der Waals surface area contributed by atoms with E-state index in [1.807, 2.05) is 13.1 Å². The first kappa shape index (κ1) is 13.3. The highest BCUT2D eigenvalue weighted by Gasteiger charge is 2.33. The third-order valence-corrected chi connectivity index (χ3v) is 4.16. The minimum Gasteiger partial charge on any atom is -0.330 e. The molecule has 0 aliphatic heterocycles. The number of aryl methyl sites for hydroxylation is 1. The van der Waals surface area contributed by atoms with Gasteiger partial charge in [-0.05, 0) is 31.7 Å². The molecule has 1 fully saturated rings. The fourth-order valence-electron chi connectivity index (χ4n) is 2.88. The molecule has 1 saturated carbocycles. The lowest BCUT2D eigenvalue weighted by Crippen LogP contribution is -2.35. The lowest BCUT2D eigenvalue weighted by atomic mass is 9.70. The van der Waals surface area contributed by atoms with Crippen molar-refractivity contribution in [3.8, 4) is 0 Å². The van der Waals surface area contributed by atoms with Crippen LogP contribution in [0.2, 0.25) is 0 Å². The lowest BCUT2D eigenvalue weighted by molar-refractivity contribution is 0.0868. The maximum atomic E-state index is 12.3. The molecule has 1 aromatic heterocycles. The van der Waals surface area contributed by atoms with Crippen molar-refractivity contribution >= 4 is 5.78 Å². The van der Waals surface area contributed by atoms with E-state index in [9.17, 15) is 4.79 Å². The zero-order valence-electron chi connectivity index (χ0n) is 11.2. The Balaban J connectivity index is 2.04. The van der Waals surface area contributed by atoms with Gasteiger partial charge in [0.05, 0.1) is 11.8 Å². The molecule has 0 amide bonds. The van der Waals surface area contributed by atoms with Crippen LogP contribution in [0.25, 0.3) is 0 Å². The molecule has 100 valence electrons. The minimum absolute atomic E-state index is 0.0453. The van der Waals surface area contributed by atoms with Crippen LogP contribution in [0.4, 0.5) is 0 Å². The maximum absolute atomic E-state index is 12.3. The van der Waals surface area contributed by atoms with E-state index in [4.69, 9.17) is 5.73 Å². The number of carbonyl (C=O) groups excluding carboxylic acids is 1. The van der Waals surface area contributed by atoms with Gasteiger partial charge in [-0.15, -0.1) is 0 Å². The summed E-state index contributed by atoms with van der Waals surface area (Å²) in [7, 11) is 0. The van der Waals surface area contributed by atoms with Crippen molar-refractivity contribution in [3.63, 3.8) is 0 Å². The fourth-order valence-corrected chi connectivity index (χ4v) is 2.88. The van der Waals surface area contributed by atoms with Gasteiger partial charge < -0.3 is 5.73 Å². The first-order chi connectivity index (χ1) is 8.69. The molecule has 1 aliphatic rings. The van der Waals surface area contributed by atoms with E-state index < -0.39 is 0 Å². The summed E-state index contributed by atoms with van der Waals surface area (Å²) in [5.41, 5.74) is 6.70. The number of aromatic nitrogens is 2. The molecule has 0 radical (unpaired) electrons. The predicted octanol–water partition coefficient (Wildman–Crippen LogP) is 2.39. The second-order valence-corrected chi connectivity index (χ2v) is 5.45. The van der Waals surface area contributed by atoms with Crippen molar-refractivity contribution in [1.82, 2.24) is 9.78 Å². The topological polar surface area (TPSA) is 60.9 Å². The summed E-state index contributed by atoms with van der Waals surface area (Å²) in [4.78, 5) is 12.3. The number of Topliss-reactive ketones (excluding diaryl/α,β-unsaturated/α-hetero) is 1. The first-order valence-electron chi connectivity index (χ1n) is 6.95. The van der Waals surface area contributed by atoms with Gasteiger partial charge in [0.15, 0.2) is 5.78 Å². The van der Waals surface area contributed by atoms with Gasteiger partial charge in [0.25, 0.3) is 0 Å². The third-order valence-electron chi connectivity index (χ3n) is 4.16. The molecular weight excluding hydrogens is 226 g/mol. The Kier molecular flexibility index (Phi) is 4.17. The van der Waals surface area contributed by atoms with Gasteiger partial charge in [-0.1, -0.05) is 19.3 Å². The zero-order chi connectivity index (χ0) is 13.0. The zero-order valence-corrected chi connectivity index (χ0v) is 11.2. The molecule has 0 atom stereocenters. The highest BCUT2D eigenvalue weighted by Crippen LogP contribution is 2.39. The molecule has 1 aliphatic carbocycles. The summed E-state index contributed by atoms with van der Waals surface area (Å²) in [6, 6.07) is 0. The van der Waals surface area contributed by atoms with Crippen molar-refractivity contribution in [2.75, 3.05) is 6.54 Å². The normalized spacial score (nSPS) is 18.8. The van der Waals surface area contributed by atoms with Gasteiger partial charge in [-0.2, -0.15) is 5.10 Å². The van der Waals surface area contributed by atoms with Crippen molar-refractivity contribution in [3.05, 3.63) is 18.0 Å². The summed E-state index contributed by atoms with van der Waals surface area (Å²) >= 11 is 0. The number of nitrogens with zero attached hydrogens (tertiary/aromatic N) is 2. The second-order valence-electron chi connectivity index (χ2n) is 5.45. The van der Waals surface area contributed by atoms with E-state index in [2.05, 4.69) is 5.10 Å². The summed E-state index contributed by atoms with van der Waals surface area (Å²) in [6.45, 7) is 3.44. The molecule has 2 rings (SSSR count). The van der Waals surface area contributed by atoms with Crippen LogP contribution >= 0.6 is 0 Å². The molecule has 4 nitrogen and oxygen atoms in total. The Morgan fingerprint density at radius 2 is 2.17 bits per heavy atom. The highest BCUT2D eigenvalue weighted by molar-refractivity contribution is 5.96. The number of hydrogen-bond donors (Lipinski definition) is 1. The number of rotatable bonds is 5. The maximum Gasteiger partial charge on any atom is 0.166 e. The van der Waals surface area contributed by atoms with Crippen molar-refractivity contribution in [1.29, 1.82) is 0 Å². The molecule has 1 aromatic rings. The highest BCUT2D eigenvalue weighted by atomic mass is 16.1. The summed E-state index contributed by atoms with van der Waals surface area (Å²) in [6.07, 6.45) is 9.99. The smallest absolute Gasteiger partial charge is 0.166 e. The van der Waals surface area contributed by atoms with Gasteiger partial charge in [-0.25, -0.2) is 0 Å². The molecule has 4 heteroatoms. The van der Waals surface area contributed by atoms with Crippen LogP contribution in [0.5, 0.6) is 0 Å². The molecule has 0 aromatic carbocycles. The van der Waals surface area contributed by atoms with E-state index in [1.54, 1.807) is 10.9 Å². The minimum atomic E-state index is 0.0453. The SMILES string of the molecule is CCn1cc(C(=O)CC2(CN)CCCCC2)cn1. The summed E-state index contributed by atoms with van der Waals surface area (Å²) in [5, 5.41) is 4.16. The lowest BCUT2D eigenvalue weighted by Gasteiger charge is -2.35. The van der Waals surface area contributed by atoms with Crippen LogP contribution in [0, 0.1) is 5.41 Å². The molecule has 0 unspecified atom stereocenters. The molecule has 18 heavy (non-hydrogen) atoms. The van der Waals surface area contributed by atoms with Gasteiger partial charge in [0, 0.05) is 19.2 Å². The van der Waals surface area contributed by atoms with E-state index in [1.165, 1.54) is 19.3 Å². The van der Waals surface area contributed by atoms with Gasteiger partial charge in [0.1, 0.15) is 0 Å². The Labute approximate surface area is 109 Å². The first-order valence-corrected chi connectivity index (χ1v) is 6.95. The summed E-state index contributed by atoms with van der Waals surface area (Å²) in [5.74, 6) is 0.196. The van der Waals surface area contributed by atoms with E-state index in [0.29, 0.717) is 13.0 Å². The van der Waals surface area contributed by atoms with Crippen LogP contribution < -0.4 is 5.73 Å². The van der Waals surface area contributed by atoms with E-state index >= 15 is 0 Å². The number of carbonyl (C=O) groups is 1. The Bertz CT molecular complexity index is 405. The molecule has 0 spiro atoms. The monoisotopic (exact) mass is 249 g/mol. The van der Waals surface area contributed by atoms with Gasteiger partial charge in [-0.3, -0.25) is 9.48 Å². The van der Waals surface area contributed by atoms with Gasteiger partial charge >= 0.3 is 0 Å². The number of hydrogen-bond acceptors (Lipinski definition) is 3. The average molecular weight is 249 g/mol. The molecule has 2 N–H and O–H groups in total. The van der Waals surface area contributed by atoms with Gasteiger partial charge in [0.2, 0.25) is 0 Å². The van der Waals surface area contributed by atoms with Crippen molar-refractivity contribution in [2.45, 2.75) is 52.0 Å². The van der Waals surface area contributed by atoms with E-state index in [0.717, 1.165) is 24.9 Å².